The van der Waals surface area contributed by atoms with Gasteiger partial charge >= 0.3 is 0 Å². The van der Waals surface area contributed by atoms with E-state index in [1.165, 1.54) is 0 Å². The molecule has 0 unspecified atom stereocenters. The first-order chi connectivity index (χ1) is 12.0. The zero-order chi connectivity index (χ0) is 17.8. The zero-order valence-electron chi connectivity index (χ0n) is 14.5. The van der Waals surface area contributed by atoms with Crippen molar-refractivity contribution in [1.82, 2.24) is 4.98 Å². The molecule has 3 rings (SSSR count). The SMILES string of the molecule is CC1CCC([C@H](N)C(=O)Nc2ccc(-c3cc[nH]c(=O)c3)cc2)CC1. The molecule has 5 nitrogen and oxygen atoms in total. The normalized spacial score (nSPS) is 21.5. The number of anilines is 1. The number of rotatable bonds is 4. The molecule has 25 heavy (non-hydrogen) atoms. The van der Waals surface area contributed by atoms with Crippen LogP contribution in [0.1, 0.15) is 32.6 Å². The maximum absolute atomic E-state index is 12.4. The largest absolute Gasteiger partial charge is 0.329 e. The van der Waals surface area contributed by atoms with Gasteiger partial charge in [-0.2, -0.15) is 0 Å². The third-order valence-corrected chi connectivity index (χ3v) is 5.13. The summed E-state index contributed by atoms with van der Waals surface area (Å²) in [6.45, 7) is 2.25. The molecule has 132 valence electrons. The van der Waals surface area contributed by atoms with Crippen LogP contribution in [0.25, 0.3) is 11.1 Å². The van der Waals surface area contributed by atoms with E-state index in [9.17, 15) is 9.59 Å². The molecular formula is C20H25N3O2. The Labute approximate surface area is 147 Å². The minimum atomic E-state index is -0.458. The number of H-pyrrole nitrogens is 1. The van der Waals surface area contributed by atoms with Crippen LogP contribution >= 0.6 is 0 Å². The van der Waals surface area contributed by atoms with Crippen molar-refractivity contribution in [2.24, 2.45) is 17.6 Å². The quantitative estimate of drug-likeness (QED) is 0.799. The lowest BCUT2D eigenvalue weighted by Crippen LogP contribution is -2.43. The van der Waals surface area contributed by atoms with E-state index in [2.05, 4.69) is 17.2 Å². The molecule has 1 heterocycles. The van der Waals surface area contributed by atoms with Gasteiger partial charge in [0, 0.05) is 18.0 Å². The molecule has 0 bridgehead atoms. The van der Waals surface area contributed by atoms with Gasteiger partial charge in [0.15, 0.2) is 0 Å². The van der Waals surface area contributed by atoms with Crippen molar-refractivity contribution in [2.75, 3.05) is 5.32 Å². The number of nitrogens with one attached hydrogen (secondary N) is 2. The maximum atomic E-state index is 12.4. The predicted octanol–water partition coefficient (Wildman–Crippen LogP) is 3.13. The lowest BCUT2D eigenvalue weighted by Gasteiger charge is -2.29. The van der Waals surface area contributed by atoms with Crippen molar-refractivity contribution in [2.45, 2.75) is 38.6 Å². The number of amides is 1. The van der Waals surface area contributed by atoms with Crippen LogP contribution in [0.5, 0.6) is 0 Å². The number of pyridine rings is 1. The summed E-state index contributed by atoms with van der Waals surface area (Å²) in [5.74, 6) is 0.888. The molecular weight excluding hydrogens is 314 g/mol. The van der Waals surface area contributed by atoms with Crippen LogP contribution in [0.15, 0.2) is 47.4 Å². The molecule has 2 aromatic rings. The Morgan fingerprint density at radius 3 is 2.44 bits per heavy atom. The Morgan fingerprint density at radius 2 is 1.80 bits per heavy atom. The summed E-state index contributed by atoms with van der Waals surface area (Å²) >= 11 is 0. The van der Waals surface area contributed by atoms with E-state index in [1.54, 1.807) is 12.3 Å². The number of aromatic nitrogens is 1. The number of benzene rings is 1. The fourth-order valence-corrected chi connectivity index (χ4v) is 3.45. The minimum Gasteiger partial charge on any atom is -0.329 e. The van der Waals surface area contributed by atoms with Crippen molar-refractivity contribution in [3.63, 3.8) is 0 Å². The molecule has 4 N–H and O–H groups in total. The van der Waals surface area contributed by atoms with Crippen LogP contribution in [-0.2, 0) is 4.79 Å². The number of hydrogen-bond acceptors (Lipinski definition) is 3. The van der Waals surface area contributed by atoms with E-state index >= 15 is 0 Å². The van der Waals surface area contributed by atoms with Crippen molar-refractivity contribution >= 4 is 11.6 Å². The Hall–Kier alpha value is -2.40. The zero-order valence-corrected chi connectivity index (χ0v) is 14.5. The number of hydrogen-bond donors (Lipinski definition) is 3. The molecule has 1 saturated carbocycles. The Morgan fingerprint density at radius 1 is 1.12 bits per heavy atom. The number of aromatic amines is 1. The third kappa shape index (κ3) is 4.37. The fourth-order valence-electron chi connectivity index (χ4n) is 3.45. The summed E-state index contributed by atoms with van der Waals surface area (Å²) in [6.07, 6.45) is 5.97. The highest BCUT2D eigenvalue weighted by atomic mass is 16.2. The monoisotopic (exact) mass is 339 g/mol. The van der Waals surface area contributed by atoms with Crippen LogP contribution in [0, 0.1) is 11.8 Å². The summed E-state index contributed by atoms with van der Waals surface area (Å²) in [6, 6.07) is 10.4. The molecule has 0 aliphatic heterocycles. The average molecular weight is 339 g/mol. The second-order valence-corrected chi connectivity index (χ2v) is 7.05. The van der Waals surface area contributed by atoms with E-state index in [1.807, 2.05) is 30.3 Å². The topological polar surface area (TPSA) is 88.0 Å². The smallest absolute Gasteiger partial charge is 0.248 e. The molecule has 5 heteroatoms. The van der Waals surface area contributed by atoms with Gasteiger partial charge in [-0.3, -0.25) is 9.59 Å². The first-order valence-corrected chi connectivity index (χ1v) is 8.88. The standard InChI is InChI=1S/C20H25N3O2/c1-13-2-4-15(5-3-13)19(21)20(25)23-17-8-6-14(7-9-17)16-10-11-22-18(24)12-16/h6-13,15,19H,2-5,21H2,1H3,(H,22,24)(H,23,25)/t13?,15?,19-/m0/s1. The highest BCUT2D eigenvalue weighted by Gasteiger charge is 2.28. The van der Waals surface area contributed by atoms with Crippen molar-refractivity contribution in [3.8, 4) is 11.1 Å². The van der Waals surface area contributed by atoms with Crippen molar-refractivity contribution in [1.29, 1.82) is 0 Å². The molecule has 1 atom stereocenters. The number of carbonyl (C=O) groups excluding carboxylic acids is 1. The molecule has 0 saturated heterocycles. The van der Waals surface area contributed by atoms with Crippen LogP contribution in [0.2, 0.25) is 0 Å². The molecule has 1 aliphatic carbocycles. The number of nitrogens with two attached hydrogens (primary N) is 1. The van der Waals surface area contributed by atoms with Gasteiger partial charge in [0.05, 0.1) is 6.04 Å². The van der Waals surface area contributed by atoms with Gasteiger partial charge in [0.2, 0.25) is 11.5 Å². The first-order valence-electron chi connectivity index (χ1n) is 8.88. The van der Waals surface area contributed by atoms with Crippen molar-refractivity contribution < 1.29 is 4.79 Å². The Balaban J connectivity index is 1.63. The third-order valence-electron chi connectivity index (χ3n) is 5.13. The molecule has 0 spiro atoms. The summed E-state index contributed by atoms with van der Waals surface area (Å²) < 4.78 is 0. The lowest BCUT2D eigenvalue weighted by atomic mass is 9.79. The van der Waals surface area contributed by atoms with Crippen LogP contribution in [0.3, 0.4) is 0 Å². The van der Waals surface area contributed by atoms with E-state index in [0.29, 0.717) is 0 Å². The predicted molar refractivity (Wildman–Crippen MR) is 100 cm³/mol. The molecule has 1 aliphatic rings. The maximum Gasteiger partial charge on any atom is 0.248 e. The van der Waals surface area contributed by atoms with Gasteiger partial charge in [-0.25, -0.2) is 0 Å². The summed E-state index contributed by atoms with van der Waals surface area (Å²) in [5, 5.41) is 2.91. The van der Waals surface area contributed by atoms with Gasteiger partial charge in [-0.15, -0.1) is 0 Å². The molecule has 1 aromatic heterocycles. The van der Waals surface area contributed by atoms with Gasteiger partial charge in [-0.1, -0.05) is 31.9 Å². The highest BCUT2D eigenvalue weighted by Crippen LogP contribution is 2.30. The van der Waals surface area contributed by atoms with Crippen LogP contribution in [0.4, 0.5) is 5.69 Å². The summed E-state index contributed by atoms with van der Waals surface area (Å²) in [4.78, 5) is 26.4. The van der Waals surface area contributed by atoms with E-state index in [0.717, 1.165) is 48.4 Å². The Bertz CT molecular complexity index is 774. The van der Waals surface area contributed by atoms with Crippen LogP contribution < -0.4 is 16.6 Å². The van der Waals surface area contributed by atoms with Gasteiger partial charge in [-0.05, 0) is 54.0 Å². The molecule has 1 fully saturated rings. The van der Waals surface area contributed by atoms with Gasteiger partial charge in [0.1, 0.15) is 0 Å². The minimum absolute atomic E-state index is 0.122. The van der Waals surface area contributed by atoms with E-state index < -0.39 is 6.04 Å². The second kappa shape index (κ2) is 7.66. The van der Waals surface area contributed by atoms with Gasteiger partial charge in [0.25, 0.3) is 0 Å². The number of carbonyl (C=O) groups is 1. The Kier molecular flexibility index (Phi) is 5.34. The second-order valence-electron chi connectivity index (χ2n) is 7.05. The fraction of sp³-hybridized carbons (Fsp3) is 0.400. The molecule has 0 radical (unpaired) electrons. The van der Waals surface area contributed by atoms with E-state index in [4.69, 9.17) is 5.73 Å². The molecule has 1 aromatic carbocycles. The highest BCUT2D eigenvalue weighted by molar-refractivity contribution is 5.95. The van der Waals surface area contributed by atoms with E-state index in [-0.39, 0.29) is 17.4 Å². The lowest BCUT2D eigenvalue weighted by molar-refractivity contribution is -0.118. The average Bonchev–Trinajstić information content (AvgIpc) is 2.62. The summed E-state index contributed by atoms with van der Waals surface area (Å²) in [5.41, 5.74) is 8.52. The van der Waals surface area contributed by atoms with Crippen LogP contribution in [-0.4, -0.2) is 16.9 Å². The molecule has 1 amide bonds. The van der Waals surface area contributed by atoms with Crippen molar-refractivity contribution in [3.05, 3.63) is 52.9 Å². The first kappa shape index (κ1) is 17.4. The van der Waals surface area contributed by atoms with Gasteiger partial charge < -0.3 is 16.0 Å². The summed E-state index contributed by atoms with van der Waals surface area (Å²) in [7, 11) is 0.